The van der Waals surface area contributed by atoms with Crippen LogP contribution in [-0.2, 0) is 20.7 Å². The van der Waals surface area contributed by atoms with E-state index in [0.29, 0.717) is 63.7 Å². The van der Waals surface area contributed by atoms with Gasteiger partial charge in [-0.1, -0.05) is 23.7 Å². The second-order valence-electron chi connectivity index (χ2n) is 6.75. The van der Waals surface area contributed by atoms with Crippen molar-refractivity contribution < 1.29 is 14.3 Å². The molecule has 0 unspecified atom stereocenters. The van der Waals surface area contributed by atoms with Crippen molar-refractivity contribution >= 4 is 35.8 Å². The van der Waals surface area contributed by atoms with Crippen molar-refractivity contribution in [2.75, 3.05) is 39.4 Å². The van der Waals surface area contributed by atoms with E-state index in [2.05, 4.69) is 0 Å². The van der Waals surface area contributed by atoms with Crippen LogP contribution in [0.15, 0.2) is 24.3 Å². The molecule has 2 heterocycles. The van der Waals surface area contributed by atoms with Crippen LogP contribution in [0, 0.1) is 0 Å². The number of rotatable bonds is 3. The molecule has 0 saturated carbocycles. The predicted molar refractivity (Wildman–Crippen MR) is 103 cm³/mol. The summed E-state index contributed by atoms with van der Waals surface area (Å²) in [6.45, 7) is 3.19. The minimum Gasteiger partial charge on any atom is -0.381 e. The first-order valence-corrected chi connectivity index (χ1v) is 9.04. The number of nitrogens with two attached hydrogens (primary N) is 1. The molecule has 0 aromatic heterocycles. The SMILES string of the molecule is Cl.NC1(C(=O)N2CCN(C(=O)Cc3cccc(Cl)c3)CC2)CCOCC1. The lowest BCUT2D eigenvalue weighted by molar-refractivity contribution is -0.145. The van der Waals surface area contributed by atoms with Crippen molar-refractivity contribution in [1.82, 2.24) is 9.80 Å². The Kier molecular flexibility index (Phi) is 7.29. The quantitative estimate of drug-likeness (QED) is 0.831. The highest BCUT2D eigenvalue weighted by molar-refractivity contribution is 6.30. The van der Waals surface area contributed by atoms with Crippen LogP contribution in [0.3, 0.4) is 0 Å². The number of amides is 2. The molecule has 2 amide bonds. The van der Waals surface area contributed by atoms with E-state index in [4.69, 9.17) is 22.1 Å². The molecule has 6 nitrogen and oxygen atoms in total. The molecule has 3 rings (SSSR count). The minimum absolute atomic E-state index is 0. The van der Waals surface area contributed by atoms with E-state index in [9.17, 15) is 9.59 Å². The second kappa shape index (κ2) is 9.04. The highest BCUT2D eigenvalue weighted by atomic mass is 35.5. The molecule has 0 atom stereocenters. The zero-order valence-electron chi connectivity index (χ0n) is 14.7. The van der Waals surface area contributed by atoms with Gasteiger partial charge in [0.1, 0.15) is 0 Å². The summed E-state index contributed by atoms with van der Waals surface area (Å²) in [7, 11) is 0. The van der Waals surface area contributed by atoms with Crippen LogP contribution in [0.25, 0.3) is 0 Å². The largest absolute Gasteiger partial charge is 0.381 e. The van der Waals surface area contributed by atoms with Gasteiger partial charge in [-0.25, -0.2) is 0 Å². The standard InChI is InChI=1S/C18H24ClN3O3.ClH/c19-15-3-1-2-14(12-15)13-16(23)21-6-8-22(9-7-21)17(24)18(20)4-10-25-11-5-18;/h1-3,12H,4-11,13,20H2;1H. The van der Waals surface area contributed by atoms with Gasteiger partial charge in [0.15, 0.2) is 0 Å². The van der Waals surface area contributed by atoms with Gasteiger partial charge in [-0.3, -0.25) is 9.59 Å². The summed E-state index contributed by atoms with van der Waals surface area (Å²) in [5, 5.41) is 0.630. The van der Waals surface area contributed by atoms with E-state index in [0.717, 1.165) is 5.56 Å². The minimum atomic E-state index is -0.814. The number of piperazine rings is 1. The maximum Gasteiger partial charge on any atom is 0.242 e. The van der Waals surface area contributed by atoms with Crippen molar-refractivity contribution in [2.24, 2.45) is 5.73 Å². The summed E-state index contributed by atoms with van der Waals surface area (Å²) in [6.07, 6.45) is 1.44. The summed E-state index contributed by atoms with van der Waals surface area (Å²) >= 11 is 5.97. The smallest absolute Gasteiger partial charge is 0.242 e. The molecule has 0 bridgehead atoms. The number of benzene rings is 1. The Morgan fingerprint density at radius 1 is 1.12 bits per heavy atom. The lowest BCUT2D eigenvalue weighted by atomic mass is 9.89. The third-order valence-corrected chi connectivity index (χ3v) is 5.21. The summed E-state index contributed by atoms with van der Waals surface area (Å²) in [6, 6.07) is 7.34. The molecule has 2 aliphatic rings. The number of hydrogen-bond donors (Lipinski definition) is 1. The van der Waals surface area contributed by atoms with Gasteiger partial charge < -0.3 is 20.3 Å². The molecule has 0 spiro atoms. The maximum atomic E-state index is 12.7. The van der Waals surface area contributed by atoms with Crippen LogP contribution in [0.2, 0.25) is 5.02 Å². The Labute approximate surface area is 165 Å². The third kappa shape index (κ3) is 4.88. The third-order valence-electron chi connectivity index (χ3n) is 4.97. The van der Waals surface area contributed by atoms with Gasteiger partial charge in [-0.2, -0.15) is 0 Å². The lowest BCUT2D eigenvalue weighted by Crippen LogP contribution is -2.61. The zero-order valence-corrected chi connectivity index (χ0v) is 16.2. The monoisotopic (exact) mass is 401 g/mol. The first-order valence-electron chi connectivity index (χ1n) is 8.66. The average molecular weight is 402 g/mol. The first-order chi connectivity index (χ1) is 12.0. The normalized spacial score (nSPS) is 19.6. The zero-order chi connectivity index (χ0) is 17.9. The Morgan fingerprint density at radius 3 is 2.35 bits per heavy atom. The van der Waals surface area contributed by atoms with Crippen molar-refractivity contribution in [2.45, 2.75) is 24.8 Å². The fourth-order valence-corrected chi connectivity index (χ4v) is 3.57. The Bertz CT molecular complexity index is 642. The molecule has 8 heteroatoms. The van der Waals surface area contributed by atoms with Crippen molar-refractivity contribution in [3.05, 3.63) is 34.9 Å². The number of carbonyl (C=O) groups is 2. The lowest BCUT2D eigenvalue weighted by Gasteiger charge is -2.41. The van der Waals surface area contributed by atoms with E-state index in [1.807, 2.05) is 18.2 Å². The molecule has 2 saturated heterocycles. The number of hydrogen-bond acceptors (Lipinski definition) is 4. The Hall–Kier alpha value is -1.34. The average Bonchev–Trinajstić information content (AvgIpc) is 2.62. The fourth-order valence-electron chi connectivity index (χ4n) is 3.36. The van der Waals surface area contributed by atoms with E-state index in [1.165, 1.54) is 0 Å². The van der Waals surface area contributed by atoms with Gasteiger partial charge >= 0.3 is 0 Å². The number of halogens is 2. The van der Waals surface area contributed by atoms with Crippen LogP contribution in [0.1, 0.15) is 18.4 Å². The Morgan fingerprint density at radius 2 is 1.73 bits per heavy atom. The van der Waals surface area contributed by atoms with Crippen LogP contribution in [-0.4, -0.2) is 66.5 Å². The molecular weight excluding hydrogens is 377 g/mol. The molecular formula is C18H25Cl2N3O3. The van der Waals surface area contributed by atoms with Crippen LogP contribution < -0.4 is 5.73 Å². The number of nitrogens with zero attached hydrogens (tertiary/aromatic N) is 2. The van der Waals surface area contributed by atoms with Gasteiger partial charge in [0.2, 0.25) is 11.8 Å². The van der Waals surface area contributed by atoms with E-state index < -0.39 is 5.54 Å². The van der Waals surface area contributed by atoms with E-state index in [1.54, 1.807) is 15.9 Å². The van der Waals surface area contributed by atoms with Gasteiger partial charge in [0.05, 0.1) is 12.0 Å². The molecule has 0 radical (unpaired) electrons. The first kappa shape index (κ1) is 21.0. The molecule has 2 fully saturated rings. The molecule has 0 aliphatic carbocycles. The highest BCUT2D eigenvalue weighted by Gasteiger charge is 2.40. The second-order valence-corrected chi connectivity index (χ2v) is 7.18. The maximum absolute atomic E-state index is 12.7. The molecule has 1 aromatic carbocycles. The van der Waals surface area contributed by atoms with Gasteiger partial charge in [-0.05, 0) is 30.5 Å². The van der Waals surface area contributed by atoms with Crippen LogP contribution in [0.5, 0.6) is 0 Å². The molecule has 26 heavy (non-hydrogen) atoms. The number of carbonyl (C=O) groups excluding carboxylic acids is 2. The molecule has 1 aromatic rings. The molecule has 2 N–H and O–H groups in total. The molecule has 144 valence electrons. The predicted octanol–water partition coefficient (Wildman–Crippen LogP) is 1.48. The summed E-state index contributed by atoms with van der Waals surface area (Å²) in [4.78, 5) is 28.8. The van der Waals surface area contributed by atoms with Gasteiger partial charge in [-0.15, -0.1) is 12.4 Å². The fraction of sp³-hybridized carbons (Fsp3) is 0.556. The summed E-state index contributed by atoms with van der Waals surface area (Å²) < 4.78 is 5.30. The van der Waals surface area contributed by atoms with Crippen molar-refractivity contribution in [3.8, 4) is 0 Å². The molecule has 2 aliphatic heterocycles. The van der Waals surface area contributed by atoms with Gasteiger partial charge in [0, 0.05) is 44.4 Å². The summed E-state index contributed by atoms with van der Waals surface area (Å²) in [5.74, 6) is 0.0423. The summed E-state index contributed by atoms with van der Waals surface area (Å²) in [5.41, 5.74) is 6.37. The van der Waals surface area contributed by atoms with E-state index >= 15 is 0 Å². The van der Waals surface area contributed by atoms with E-state index in [-0.39, 0.29) is 24.2 Å². The van der Waals surface area contributed by atoms with Crippen molar-refractivity contribution in [1.29, 1.82) is 0 Å². The van der Waals surface area contributed by atoms with Crippen LogP contribution in [0.4, 0.5) is 0 Å². The topological polar surface area (TPSA) is 75.9 Å². The van der Waals surface area contributed by atoms with Crippen molar-refractivity contribution in [3.63, 3.8) is 0 Å². The Balaban J connectivity index is 0.00000243. The number of ether oxygens (including phenoxy) is 1. The highest BCUT2D eigenvalue weighted by Crippen LogP contribution is 2.21. The van der Waals surface area contributed by atoms with Gasteiger partial charge in [0.25, 0.3) is 0 Å². The van der Waals surface area contributed by atoms with Crippen LogP contribution >= 0.6 is 24.0 Å².